The fourth-order valence-electron chi connectivity index (χ4n) is 2.02. The number of carbonyl (C=O) groups is 1. The Morgan fingerprint density at radius 1 is 1.37 bits per heavy atom. The quantitative estimate of drug-likeness (QED) is 0.645. The first kappa shape index (κ1) is 14.1. The lowest BCUT2D eigenvalue weighted by molar-refractivity contribution is 0.0526. The number of nitrogens with zero attached hydrogens (tertiary/aromatic N) is 1. The number of halogens is 1. The second-order valence-corrected chi connectivity index (χ2v) is 4.90. The van der Waals surface area contributed by atoms with E-state index in [1.807, 2.05) is 0 Å². The molecule has 0 aromatic heterocycles. The molecule has 0 unspecified atom stereocenters. The van der Waals surface area contributed by atoms with E-state index in [-0.39, 0.29) is 0 Å². The van der Waals surface area contributed by atoms with Gasteiger partial charge in [-0.2, -0.15) is 0 Å². The van der Waals surface area contributed by atoms with E-state index < -0.39 is 6.03 Å². The van der Waals surface area contributed by atoms with E-state index in [0.717, 1.165) is 19.6 Å². The summed E-state index contributed by atoms with van der Waals surface area (Å²) >= 11 is 5.82. The molecule has 0 saturated carbocycles. The number of hydrogen-bond acceptors (Lipinski definition) is 3. The minimum atomic E-state index is -0.399. The van der Waals surface area contributed by atoms with Crippen molar-refractivity contribution in [1.82, 2.24) is 10.4 Å². The summed E-state index contributed by atoms with van der Waals surface area (Å²) < 4.78 is 0. The Balaban J connectivity index is 1.61. The van der Waals surface area contributed by atoms with E-state index in [0.29, 0.717) is 17.3 Å². The molecule has 0 radical (unpaired) electrons. The van der Waals surface area contributed by atoms with Crippen LogP contribution in [0.15, 0.2) is 24.3 Å². The van der Waals surface area contributed by atoms with Gasteiger partial charge in [0, 0.05) is 17.3 Å². The lowest BCUT2D eigenvalue weighted by Gasteiger charge is -2.14. The molecule has 19 heavy (non-hydrogen) atoms. The topological polar surface area (TPSA) is 53.6 Å². The first-order valence-corrected chi connectivity index (χ1v) is 6.78. The Bertz CT molecular complexity index is 422. The summed E-state index contributed by atoms with van der Waals surface area (Å²) in [5.41, 5.74) is 2.99. The first-order chi connectivity index (χ1) is 9.24. The third-order valence-corrected chi connectivity index (χ3v) is 3.19. The highest BCUT2D eigenvalue weighted by Crippen LogP contribution is 2.14. The van der Waals surface area contributed by atoms with Gasteiger partial charge in [-0.3, -0.25) is 4.84 Å². The smallest absolute Gasteiger partial charge is 0.306 e. The molecule has 0 bridgehead atoms. The molecule has 6 heteroatoms. The van der Waals surface area contributed by atoms with Crippen LogP contribution in [0.3, 0.4) is 0 Å². The fourth-order valence-corrected chi connectivity index (χ4v) is 2.21. The van der Waals surface area contributed by atoms with Crippen LogP contribution >= 0.6 is 11.6 Å². The average molecular weight is 284 g/mol. The van der Waals surface area contributed by atoms with Crippen molar-refractivity contribution in [2.24, 2.45) is 0 Å². The van der Waals surface area contributed by atoms with Crippen LogP contribution in [-0.4, -0.2) is 37.2 Å². The Kier molecular flexibility index (Phi) is 5.44. The van der Waals surface area contributed by atoms with Crippen molar-refractivity contribution in [3.63, 3.8) is 0 Å². The van der Waals surface area contributed by atoms with Crippen molar-refractivity contribution >= 4 is 23.3 Å². The molecular formula is C13H18ClN3O2. The van der Waals surface area contributed by atoms with Crippen molar-refractivity contribution < 1.29 is 9.63 Å². The van der Waals surface area contributed by atoms with Crippen LogP contribution in [0, 0.1) is 0 Å². The standard InChI is InChI=1S/C13H18ClN3O2/c14-11-4-3-5-12(10-11)15-13(18)16-19-9-8-17-6-1-2-7-17/h3-5,10H,1-2,6-9H2,(H2,15,16,18). The van der Waals surface area contributed by atoms with Crippen LogP contribution in [0.5, 0.6) is 0 Å². The van der Waals surface area contributed by atoms with Crippen LogP contribution in [0.1, 0.15) is 12.8 Å². The van der Waals surface area contributed by atoms with Crippen molar-refractivity contribution in [1.29, 1.82) is 0 Å². The summed E-state index contributed by atoms with van der Waals surface area (Å²) in [6.45, 7) is 3.58. The summed E-state index contributed by atoms with van der Waals surface area (Å²) in [5.74, 6) is 0. The molecule has 5 nitrogen and oxygen atoms in total. The Morgan fingerprint density at radius 2 is 2.16 bits per heavy atom. The van der Waals surface area contributed by atoms with Crippen LogP contribution in [0.25, 0.3) is 0 Å². The summed E-state index contributed by atoms with van der Waals surface area (Å²) in [5, 5.41) is 3.21. The van der Waals surface area contributed by atoms with Gasteiger partial charge in [-0.15, -0.1) is 0 Å². The number of urea groups is 1. The summed E-state index contributed by atoms with van der Waals surface area (Å²) in [6, 6.07) is 6.55. The highest BCUT2D eigenvalue weighted by Gasteiger charge is 2.10. The second kappa shape index (κ2) is 7.33. The molecule has 1 aliphatic rings. The van der Waals surface area contributed by atoms with E-state index in [1.165, 1.54) is 12.8 Å². The maximum Gasteiger partial charge on any atom is 0.343 e. The number of likely N-dealkylation sites (tertiary alicyclic amines) is 1. The molecule has 1 aromatic rings. The Hall–Kier alpha value is -1.30. The lowest BCUT2D eigenvalue weighted by atomic mass is 10.3. The van der Waals surface area contributed by atoms with Gasteiger partial charge in [0.2, 0.25) is 0 Å². The molecule has 1 heterocycles. The molecule has 1 saturated heterocycles. The molecule has 0 spiro atoms. The summed E-state index contributed by atoms with van der Waals surface area (Å²) in [6.07, 6.45) is 2.51. The normalized spacial score (nSPS) is 15.4. The number of hydrogen-bond donors (Lipinski definition) is 2. The zero-order chi connectivity index (χ0) is 13.5. The third kappa shape index (κ3) is 5.06. The van der Waals surface area contributed by atoms with Gasteiger partial charge < -0.3 is 10.2 Å². The molecular weight excluding hydrogens is 266 g/mol. The number of carbonyl (C=O) groups excluding carboxylic acids is 1. The van der Waals surface area contributed by atoms with Crippen LogP contribution < -0.4 is 10.8 Å². The first-order valence-electron chi connectivity index (χ1n) is 6.41. The van der Waals surface area contributed by atoms with Gasteiger partial charge in [0.15, 0.2) is 0 Å². The number of anilines is 1. The molecule has 0 atom stereocenters. The van der Waals surface area contributed by atoms with Crippen molar-refractivity contribution in [2.75, 3.05) is 31.6 Å². The minimum absolute atomic E-state index is 0.399. The Morgan fingerprint density at radius 3 is 2.89 bits per heavy atom. The number of hydroxylamine groups is 1. The van der Waals surface area contributed by atoms with E-state index in [4.69, 9.17) is 16.4 Å². The van der Waals surface area contributed by atoms with Crippen molar-refractivity contribution in [3.05, 3.63) is 29.3 Å². The van der Waals surface area contributed by atoms with Crippen molar-refractivity contribution in [2.45, 2.75) is 12.8 Å². The van der Waals surface area contributed by atoms with Crippen LogP contribution in [0.4, 0.5) is 10.5 Å². The predicted molar refractivity (Wildman–Crippen MR) is 75.2 cm³/mol. The summed E-state index contributed by atoms with van der Waals surface area (Å²) in [4.78, 5) is 19.0. The molecule has 1 aliphatic heterocycles. The van der Waals surface area contributed by atoms with Crippen molar-refractivity contribution in [3.8, 4) is 0 Å². The fraction of sp³-hybridized carbons (Fsp3) is 0.462. The van der Waals surface area contributed by atoms with Crippen LogP contribution in [-0.2, 0) is 4.84 Å². The highest BCUT2D eigenvalue weighted by atomic mass is 35.5. The highest BCUT2D eigenvalue weighted by molar-refractivity contribution is 6.30. The van der Waals surface area contributed by atoms with E-state index in [9.17, 15) is 4.79 Å². The second-order valence-electron chi connectivity index (χ2n) is 4.46. The van der Waals surface area contributed by atoms with Gasteiger partial charge in [-0.25, -0.2) is 10.3 Å². The van der Waals surface area contributed by atoms with Gasteiger partial charge >= 0.3 is 6.03 Å². The maximum absolute atomic E-state index is 11.5. The summed E-state index contributed by atoms with van der Waals surface area (Å²) in [7, 11) is 0. The maximum atomic E-state index is 11.5. The lowest BCUT2D eigenvalue weighted by Crippen LogP contribution is -2.32. The van der Waals surface area contributed by atoms with Gasteiger partial charge in [0.05, 0.1) is 6.61 Å². The van der Waals surface area contributed by atoms with Gasteiger partial charge in [0.25, 0.3) is 0 Å². The molecule has 2 N–H and O–H groups in total. The van der Waals surface area contributed by atoms with E-state index >= 15 is 0 Å². The minimum Gasteiger partial charge on any atom is -0.306 e. The SMILES string of the molecule is O=C(NOCCN1CCCC1)Nc1cccc(Cl)c1. The average Bonchev–Trinajstić information content (AvgIpc) is 2.88. The molecule has 104 valence electrons. The van der Waals surface area contributed by atoms with Gasteiger partial charge in [-0.05, 0) is 44.1 Å². The van der Waals surface area contributed by atoms with Crippen LogP contribution in [0.2, 0.25) is 5.02 Å². The number of amides is 2. The number of benzene rings is 1. The Labute approximate surface area is 117 Å². The molecule has 1 aromatic carbocycles. The predicted octanol–water partition coefficient (Wildman–Crippen LogP) is 2.49. The zero-order valence-corrected chi connectivity index (χ0v) is 11.4. The van der Waals surface area contributed by atoms with Gasteiger partial charge in [0.1, 0.15) is 0 Å². The molecule has 2 rings (SSSR count). The van der Waals surface area contributed by atoms with Gasteiger partial charge in [-0.1, -0.05) is 17.7 Å². The monoisotopic (exact) mass is 283 g/mol. The molecule has 2 amide bonds. The third-order valence-electron chi connectivity index (χ3n) is 2.96. The van der Waals surface area contributed by atoms with E-state index in [2.05, 4.69) is 15.7 Å². The zero-order valence-electron chi connectivity index (χ0n) is 10.7. The van der Waals surface area contributed by atoms with E-state index in [1.54, 1.807) is 24.3 Å². The largest absolute Gasteiger partial charge is 0.343 e. The number of nitrogens with one attached hydrogen (secondary N) is 2. The molecule has 0 aliphatic carbocycles. The number of rotatable bonds is 5. The molecule has 1 fully saturated rings.